The zero-order valence-electron chi connectivity index (χ0n) is 8.86. The van der Waals surface area contributed by atoms with E-state index in [4.69, 9.17) is 0 Å². The van der Waals surface area contributed by atoms with Crippen molar-refractivity contribution in [1.29, 1.82) is 0 Å². The van der Waals surface area contributed by atoms with Gasteiger partial charge in [0, 0.05) is 11.8 Å². The zero-order chi connectivity index (χ0) is 12.3. The molecule has 0 heterocycles. The third-order valence-electron chi connectivity index (χ3n) is 1.89. The van der Waals surface area contributed by atoms with Crippen molar-refractivity contribution in [1.82, 2.24) is 0 Å². The fraction of sp³-hybridized carbons (Fsp3) is 0.300. The van der Waals surface area contributed by atoms with Gasteiger partial charge in [-0.05, 0) is 12.1 Å². The third kappa shape index (κ3) is 3.30. The molecule has 0 radical (unpaired) electrons. The molecule has 0 N–H and O–H groups in total. The molecular weight excluding hydrogens is 235 g/mol. The fourth-order valence-electron chi connectivity index (χ4n) is 1.19. The molecule has 0 amide bonds. The Morgan fingerprint density at radius 3 is 2.50 bits per heavy atom. The number of ether oxygens (including phenoxy) is 1. The van der Waals surface area contributed by atoms with Crippen molar-refractivity contribution in [2.75, 3.05) is 13.4 Å². The van der Waals surface area contributed by atoms with Gasteiger partial charge in [-0.3, -0.25) is 0 Å². The molecule has 0 saturated carbocycles. The number of rotatable bonds is 3. The number of esters is 1. The summed E-state index contributed by atoms with van der Waals surface area (Å²) in [5.41, 5.74) is 0.0902. The lowest BCUT2D eigenvalue weighted by atomic mass is 10.1. The molecule has 1 aromatic rings. The lowest BCUT2D eigenvalue weighted by Gasteiger charge is -2.04. The summed E-state index contributed by atoms with van der Waals surface area (Å²) in [7, 11) is -2.11. The summed E-state index contributed by atoms with van der Waals surface area (Å²) < 4.78 is 39.8. The third-order valence-corrected chi connectivity index (χ3v) is 2.73. The summed E-state index contributed by atoms with van der Waals surface area (Å²) in [6.07, 6.45) is 1.01. The molecule has 0 spiro atoms. The van der Waals surface area contributed by atoms with Crippen molar-refractivity contribution in [3.63, 3.8) is 0 Å². The number of hydrogen-bond acceptors (Lipinski definition) is 4. The molecule has 1 aromatic carbocycles. The van der Waals surface area contributed by atoms with E-state index in [-0.39, 0.29) is 16.9 Å². The van der Waals surface area contributed by atoms with E-state index in [2.05, 4.69) is 4.74 Å². The molecule has 0 aliphatic heterocycles. The molecule has 0 atom stereocenters. The number of carbonyl (C=O) groups is 1. The normalized spacial score (nSPS) is 11.2. The summed E-state index contributed by atoms with van der Waals surface area (Å²) in [4.78, 5) is 11.1. The Morgan fingerprint density at radius 2 is 2.06 bits per heavy atom. The van der Waals surface area contributed by atoms with Gasteiger partial charge in [0.2, 0.25) is 0 Å². The molecule has 0 unspecified atom stereocenters. The molecule has 0 bridgehead atoms. The van der Waals surface area contributed by atoms with E-state index >= 15 is 0 Å². The monoisotopic (exact) mass is 246 g/mol. The highest BCUT2D eigenvalue weighted by molar-refractivity contribution is 7.89. The van der Waals surface area contributed by atoms with Crippen LogP contribution in [0.4, 0.5) is 4.39 Å². The van der Waals surface area contributed by atoms with E-state index in [9.17, 15) is 17.6 Å². The van der Waals surface area contributed by atoms with Gasteiger partial charge in [-0.1, -0.05) is 6.07 Å². The largest absolute Gasteiger partial charge is 0.465 e. The lowest BCUT2D eigenvalue weighted by molar-refractivity contribution is 0.0600. The predicted octanol–water partition coefficient (Wildman–Crippen LogP) is 1.16. The van der Waals surface area contributed by atoms with E-state index in [0.29, 0.717) is 0 Å². The fourth-order valence-corrected chi connectivity index (χ4v) is 1.99. The van der Waals surface area contributed by atoms with Crippen LogP contribution >= 0.6 is 0 Å². The van der Waals surface area contributed by atoms with Crippen molar-refractivity contribution >= 4 is 15.8 Å². The topological polar surface area (TPSA) is 60.4 Å². The second-order valence-corrected chi connectivity index (χ2v) is 5.51. The van der Waals surface area contributed by atoms with Crippen LogP contribution in [0.5, 0.6) is 0 Å². The highest BCUT2D eigenvalue weighted by Crippen LogP contribution is 2.13. The van der Waals surface area contributed by atoms with Gasteiger partial charge < -0.3 is 4.74 Å². The first-order valence-corrected chi connectivity index (χ1v) is 6.44. The minimum Gasteiger partial charge on any atom is -0.465 e. The standard InChI is InChI=1S/C10H11FO4S/c1-15-10(12)7-3-4-8(9(11)5-7)6-16(2,13)14/h3-5H,6H2,1-2H3. The Labute approximate surface area is 93.0 Å². The molecule has 16 heavy (non-hydrogen) atoms. The Hall–Kier alpha value is -1.43. The van der Waals surface area contributed by atoms with Gasteiger partial charge in [0.15, 0.2) is 9.84 Å². The highest BCUT2D eigenvalue weighted by atomic mass is 32.2. The average molecular weight is 246 g/mol. The first-order chi connectivity index (χ1) is 7.33. The van der Waals surface area contributed by atoms with Gasteiger partial charge in [0.25, 0.3) is 0 Å². The molecule has 0 saturated heterocycles. The summed E-state index contributed by atoms with van der Waals surface area (Å²) in [6, 6.07) is 3.56. The minimum absolute atomic E-state index is 0.0372. The van der Waals surface area contributed by atoms with Gasteiger partial charge >= 0.3 is 5.97 Å². The van der Waals surface area contributed by atoms with Crippen LogP contribution in [0.2, 0.25) is 0 Å². The number of carbonyl (C=O) groups excluding carboxylic acids is 1. The second-order valence-electron chi connectivity index (χ2n) is 3.37. The van der Waals surface area contributed by atoms with Crippen LogP contribution in [-0.2, 0) is 20.3 Å². The minimum atomic E-state index is -3.29. The molecule has 88 valence electrons. The van der Waals surface area contributed by atoms with E-state index in [1.807, 2.05) is 0 Å². The first kappa shape index (κ1) is 12.6. The van der Waals surface area contributed by atoms with Crippen molar-refractivity contribution < 1.29 is 22.3 Å². The van der Waals surface area contributed by atoms with Gasteiger partial charge in [-0.15, -0.1) is 0 Å². The van der Waals surface area contributed by atoms with E-state index in [1.165, 1.54) is 19.2 Å². The Bertz CT molecular complexity index is 508. The molecule has 0 aliphatic rings. The first-order valence-electron chi connectivity index (χ1n) is 4.38. The number of hydrogen-bond donors (Lipinski definition) is 0. The molecule has 4 nitrogen and oxygen atoms in total. The second kappa shape index (κ2) is 4.61. The molecule has 6 heteroatoms. The molecule has 0 fully saturated rings. The number of halogens is 1. The van der Waals surface area contributed by atoms with Gasteiger partial charge in [-0.2, -0.15) is 0 Å². The van der Waals surface area contributed by atoms with Crippen molar-refractivity contribution in [2.24, 2.45) is 0 Å². The van der Waals surface area contributed by atoms with Crippen LogP contribution in [-0.4, -0.2) is 27.8 Å². The van der Waals surface area contributed by atoms with Crippen LogP contribution in [0.3, 0.4) is 0 Å². The molecule has 0 aliphatic carbocycles. The smallest absolute Gasteiger partial charge is 0.337 e. The van der Waals surface area contributed by atoms with Crippen molar-refractivity contribution in [2.45, 2.75) is 5.75 Å². The van der Waals surface area contributed by atoms with Crippen LogP contribution in [0.25, 0.3) is 0 Å². The lowest BCUT2D eigenvalue weighted by Crippen LogP contribution is -2.06. The van der Waals surface area contributed by atoms with Crippen LogP contribution in [0.15, 0.2) is 18.2 Å². The maximum absolute atomic E-state index is 13.4. The molecule has 1 rings (SSSR count). The highest BCUT2D eigenvalue weighted by Gasteiger charge is 2.13. The summed E-state index contributed by atoms with van der Waals surface area (Å²) in [5, 5.41) is 0. The van der Waals surface area contributed by atoms with E-state index in [0.717, 1.165) is 12.3 Å². The Morgan fingerprint density at radius 1 is 1.44 bits per heavy atom. The predicted molar refractivity (Wildman–Crippen MR) is 56.3 cm³/mol. The average Bonchev–Trinajstić information content (AvgIpc) is 2.18. The quantitative estimate of drug-likeness (QED) is 0.751. The molecule has 0 aromatic heterocycles. The van der Waals surface area contributed by atoms with E-state index in [1.54, 1.807) is 0 Å². The number of methoxy groups -OCH3 is 1. The summed E-state index contributed by atoms with van der Waals surface area (Å²) >= 11 is 0. The van der Waals surface area contributed by atoms with E-state index < -0.39 is 21.6 Å². The van der Waals surface area contributed by atoms with Crippen LogP contribution < -0.4 is 0 Å². The van der Waals surface area contributed by atoms with Crippen molar-refractivity contribution in [3.05, 3.63) is 35.1 Å². The molecular formula is C10H11FO4S. The zero-order valence-corrected chi connectivity index (χ0v) is 9.67. The van der Waals surface area contributed by atoms with Crippen molar-refractivity contribution in [3.8, 4) is 0 Å². The summed E-state index contributed by atoms with van der Waals surface area (Å²) in [5.74, 6) is -1.78. The maximum Gasteiger partial charge on any atom is 0.337 e. The van der Waals surface area contributed by atoms with Crippen LogP contribution in [0, 0.1) is 5.82 Å². The summed E-state index contributed by atoms with van der Waals surface area (Å²) in [6.45, 7) is 0. The van der Waals surface area contributed by atoms with Gasteiger partial charge in [0.05, 0.1) is 18.4 Å². The van der Waals surface area contributed by atoms with Gasteiger partial charge in [0.1, 0.15) is 5.82 Å². The van der Waals surface area contributed by atoms with Crippen LogP contribution in [0.1, 0.15) is 15.9 Å². The number of sulfone groups is 1. The Balaban J connectivity index is 3.05. The maximum atomic E-state index is 13.4. The number of benzene rings is 1. The Kier molecular flexibility index (Phi) is 3.64. The van der Waals surface area contributed by atoms with Gasteiger partial charge in [-0.25, -0.2) is 17.6 Å². The SMILES string of the molecule is COC(=O)c1ccc(CS(C)(=O)=O)c(F)c1.